The summed E-state index contributed by atoms with van der Waals surface area (Å²) in [4.78, 5) is 2.73. The third-order valence-corrected chi connectivity index (χ3v) is 4.60. The quantitative estimate of drug-likeness (QED) is 0.708. The fourth-order valence-electron chi connectivity index (χ4n) is 3.45. The molecule has 1 heterocycles. The van der Waals surface area contributed by atoms with Crippen LogP contribution in [0, 0.1) is 5.92 Å². The number of hydrogen-bond acceptors (Lipinski definition) is 1. The van der Waals surface area contributed by atoms with E-state index in [2.05, 4.69) is 36.1 Å². The summed E-state index contributed by atoms with van der Waals surface area (Å²) < 4.78 is 0. The molecule has 3 rings (SSSR count). The monoisotopic (exact) mass is 229 g/mol. The second-order valence-electron chi connectivity index (χ2n) is 5.83. The highest BCUT2D eigenvalue weighted by Gasteiger charge is 2.27. The van der Waals surface area contributed by atoms with Gasteiger partial charge in [0, 0.05) is 6.04 Å². The molecule has 1 aromatic carbocycles. The smallest absolute Gasteiger partial charge is 0.0350 e. The van der Waals surface area contributed by atoms with Gasteiger partial charge in [-0.05, 0) is 62.2 Å². The lowest BCUT2D eigenvalue weighted by molar-refractivity contribution is 0.125. The zero-order valence-electron chi connectivity index (χ0n) is 10.9. The van der Waals surface area contributed by atoms with E-state index in [9.17, 15) is 0 Å². The van der Waals surface area contributed by atoms with Gasteiger partial charge in [0.1, 0.15) is 0 Å². The first-order chi connectivity index (χ1) is 8.34. The summed E-state index contributed by atoms with van der Waals surface area (Å²) in [7, 11) is 0. The van der Waals surface area contributed by atoms with Gasteiger partial charge in [0.15, 0.2) is 0 Å². The zero-order chi connectivity index (χ0) is 11.7. The molecule has 17 heavy (non-hydrogen) atoms. The van der Waals surface area contributed by atoms with Crippen molar-refractivity contribution in [1.82, 2.24) is 4.90 Å². The van der Waals surface area contributed by atoms with Gasteiger partial charge in [0.25, 0.3) is 0 Å². The number of nitrogens with zero attached hydrogens (tertiary/aromatic N) is 1. The van der Waals surface area contributed by atoms with Gasteiger partial charge in [-0.1, -0.05) is 31.2 Å². The number of rotatable bonds is 1. The van der Waals surface area contributed by atoms with Crippen LogP contribution in [0.2, 0.25) is 0 Å². The largest absolute Gasteiger partial charge is 0.296 e. The van der Waals surface area contributed by atoms with E-state index in [1.807, 2.05) is 0 Å². The fourth-order valence-corrected chi connectivity index (χ4v) is 3.45. The maximum atomic E-state index is 2.73. The minimum atomic E-state index is 0.715. The summed E-state index contributed by atoms with van der Waals surface area (Å²) in [5.74, 6) is 0.935. The second-order valence-corrected chi connectivity index (χ2v) is 5.83. The molecule has 0 saturated carbocycles. The van der Waals surface area contributed by atoms with Crippen LogP contribution in [0.1, 0.15) is 49.8 Å². The van der Waals surface area contributed by atoms with Crippen LogP contribution in [-0.2, 0) is 6.42 Å². The first kappa shape index (κ1) is 11.3. The molecule has 0 bridgehead atoms. The number of aryl methyl sites for hydroxylation is 1. The van der Waals surface area contributed by atoms with Crippen molar-refractivity contribution in [3.05, 3.63) is 35.4 Å². The third kappa shape index (κ3) is 2.26. The summed E-state index contributed by atoms with van der Waals surface area (Å²) in [5, 5.41) is 0. The van der Waals surface area contributed by atoms with Crippen LogP contribution >= 0.6 is 0 Å². The maximum Gasteiger partial charge on any atom is 0.0350 e. The molecule has 0 radical (unpaired) electrons. The molecule has 92 valence electrons. The minimum absolute atomic E-state index is 0.715. The predicted octanol–water partition coefficient (Wildman–Crippen LogP) is 3.80. The SMILES string of the molecule is CC1CCN(C2CCCc3ccccc32)CC1. The van der Waals surface area contributed by atoms with E-state index in [-0.39, 0.29) is 0 Å². The molecule has 1 unspecified atom stereocenters. The van der Waals surface area contributed by atoms with E-state index in [4.69, 9.17) is 0 Å². The summed E-state index contributed by atoms with van der Waals surface area (Å²) in [6.45, 7) is 5.01. The molecule has 1 nitrogen and oxygen atoms in total. The maximum absolute atomic E-state index is 2.73. The fraction of sp³-hybridized carbons (Fsp3) is 0.625. The molecule has 0 spiro atoms. The van der Waals surface area contributed by atoms with Crippen LogP contribution in [0.5, 0.6) is 0 Å². The number of benzene rings is 1. The molecule has 1 aliphatic heterocycles. The summed E-state index contributed by atoms with van der Waals surface area (Å²) in [6, 6.07) is 9.81. The molecular weight excluding hydrogens is 206 g/mol. The molecule has 0 N–H and O–H groups in total. The number of piperidine rings is 1. The first-order valence-corrected chi connectivity index (χ1v) is 7.16. The Bertz CT molecular complexity index is 377. The Labute approximate surface area is 105 Å². The Morgan fingerprint density at radius 2 is 1.82 bits per heavy atom. The highest BCUT2D eigenvalue weighted by atomic mass is 15.2. The molecular formula is C16H23N. The molecule has 0 aromatic heterocycles. The molecule has 1 saturated heterocycles. The van der Waals surface area contributed by atoms with Crippen molar-refractivity contribution in [1.29, 1.82) is 0 Å². The van der Waals surface area contributed by atoms with E-state index in [1.54, 1.807) is 11.1 Å². The molecule has 1 fully saturated rings. The average Bonchev–Trinajstić information content (AvgIpc) is 2.39. The predicted molar refractivity (Wildman–Crippen MR) is 72.1 cm³/mol. The van der Waals surface area contributed by atoms with Gasteiger partial charge in [-0.3, -0.25) is 4.90 Å². The Morgan fingerprint density at radius 1 is 1.06 bits per heavy atom. The topological polar surface area (TPSA) is 3.24 Å². The molecule has 1 heteroatoms. The van der Waals surface area contributed by atoms with Crippen LogP contribution < -0.4 is 0 Å². The van der Waals surface area contributed by atoms with Crippen molar-refractivity contribution in [2.24, 2.45) is 5.92 Å². The Morgan fingerprint density at radius 3 is 2.65 bits per heavy atom. The van der Waals surface area contributed by atoms with Crippen molar-refractivity contribution in [3.8, 4) is 0 Å². The van der Waals surface area contributed by atoms with Crippen LogP contribution in [0.4, 0.5) is 0 Å². The third-order valence-electron chi connectivity index (χ3n) is 4.60. The highest BCUT2D eigenvalue weighted by Crippen LogP contribution is 2.36. The summed E-state index contributed by atoms with van der Waals surface area (Å²) >= 11 is 0. The van der Waals surface area contributed by atoms with Gasteiger partial charge < -0.3 is 0 Å². The summed E-state index contributed by atoms with van der Waals surface area (Å²) in [6.07, 6.45) is 6.80. The van der Waals surface area contributed by atoms with Crippen LogP contribution in [0.15, 0.2) is 24.3 Å². The molecule has 2 aliphatic rings. The Balaban J connectivity index is 1.80. The van der Waals surface area contributed by atoms with Crippen molar-refractivity contribution < 1.29 is 0 Å². The van der Waals surface area contributed by atoms with Crippen molar-refractivity contribution in [2.75, 3.05) is 13.1 Å². The van der Waals surface area contributed by atoms with E-state index >= 15 is 0 Å². The normalized spacial score (nSPS) is 26.8. The van der Waals surface area contributed by atoms with Gasteiger partial charge in [-0.25, -0.2) is 0 Å². The van der Waals surface area contributed by atoms with Gasteiger partial charge in [-0.15, -0.1) is 0 Å². The van der Waals surface area contributed by atoms with Gasteiger partial charge in [0.05, 0.1) is 0 Å². The standard InChI is InChI=1S/C16H23N/c1-13-9-11-17(12-10-13)16-8-4-6-14-5-2-3-7-15(14)16/h2-3,5,7,13,16H,4,6,8-12H2,1H3. The van der Waals surface area contributed by atoms with Crippen molar-refractivity contribution in [3.63, 3.8) is 0 Å². The van der Waals surface area contributed by atoms with Crippen LogP contribution in [0.25, 0.3) is 0 Å². The van der Waals surface area contributed by atoms with Crippen LogP contribution in [0.3, 0.4) is 0 Å². The first-order valence-electron chi connectivity index (χ1n) is 7.16. The van der Waals surface area contributed by atoms with Crippen molar-refractivity contribution >= 4 is 0 Å². The lowest BCUT2D eigenvalue weighted by atomic mass is 9.85. The second kappa shape index (κ2) is 4.81. The lowest BCUT2D eigenvalue weighted by Gasteiger charge is -2.39. The zero-order valence-corrected chi connectivity index (χ0v) is 10.9. The van der Waals surface area contributed by atoms with E-state index in [0.29, 0.717) is 6.04 Å². The van der Waals surface area contributed by atoms with Gasteiger partial charge in [0.2, 0.25) is 0 Å². The number of likely N-dealkylation sites (tertiary alicyclic amines) is 1. The summed E-state index contributed by atoms with van der Waals surface area (Å²) in [5.41, 5.74) is 3.22. The Hall–Kier alpha value is -0.820. The molecule has 1 aromatic rings. The lowest BCUT2D eigenvalue weighted by Crippen LogP contribution is -2.37. The van der Waals surface area contributed by atoms with E-state index < -0.39 is 0 Å². The molecule has 0 amide bonds. The number of hydrogen-bond donors (Lipinski definition) is 0. The van der Waals surface area contributed by atoms with E-state index in [1.165, 1.54) is 45.2 Å². The van der Waals surface area contributed by atoms with Crippen molar-refractivity contribution in [2.45, 2.75) is 45.1 Å². The molecule has 1 aliphatic carbocycles. The highest BCUT2D eigenvalue weighted by molar-refractivity contribution is 5.32. The van der Waals surface area contributed by atoms with Gasteiger partial charge in [-0.2, -0.15) is 0 Å². The van der Waals surface area contributed by atoms with Gasteiger partial charge >= 0.3 is 0 Å². The minimum Gasteiger partial charge on any atom is -0.296 e. The average molecular weight is 229 g/mol. The Kier molecular flexibility index (Phi) is 3.19. The molecule has 1 atom stereocenters. The van der Waals surface area contributed by atoms with E-state index in [0.717, 1.165) is 5.92 Å². The number of fused-ring (bicyclic) bond motifs is 1. The van der Waals surface area contributed by atoms with Crippen LogP contribution in [-0.4, -0.2) is 18.0 Å².